The molecule has 1 saturated carbocycles. The van der Waals surface area contributed by atoms with Gasteiger partial charge in [-0.1, -0.05) is 20.8 Å². The molecule has 0 heterocycles. The predicted molar refractivity (Wildman–Crippen MR) is 105 cm³/mol. The van der Waals surface area contributed by atoms with Crippen molar-refractivity contribution in [2.45, 2.75) is 103 Å². The SMILES string of the molecule is CC(C)(C)OC(=O)[C@H]1CC[C@H](OCCCO[Si](C)(C)C(C)(C)C)CC1. The molecule has 0 bridgehead atoms. The lowest BCUT2D eigenvalue weighted by atomic mass is 9.87. The summed E-state index contributed by atoms with van der Waals surface area (Å²) in [5, 5.41) is 0.258. The standard InChI is InChI=1S/C20H40O4Si/c1-19(2,3)24-18(21)16-10-12-17(13-11-16)22-14-9-15-23-25(7,8)20(4,5)6/h16-17H,9-15H2,1-8H3/t16-,17-. The van der Waals surface area contributed by atoms with E-state index in [-0.39, 0.29) is 23.0 Å². The fourth-order valence-corrected chi connectivity index (χ4v) is 3.79. The van der Waals surface area contributed by atoms with Gasteiger partial charge in [-0.25, -0.2) is 0 Å². The predicted octanol–water partition coefficient (Wildman–Crippen LogP) is 5.32. The summed E-state index contributed by atoms with van der Waals surface area (Å²) in [7, 11) is -1.64. The van der Waals surface area contributed by atoms with E-state index in [0.29, 0.717) is 0 Å². The highest BCUT2D eigenvalue weighted by Crippen LogP contribution is 2.36. The Morgan fingerprint density at radius 1 is 0.960 bits per heavy atom. The molecule has 1 aliphatic rings. The van der Waals surface area contributed by atoms with Crippen molar-refractivity contribution in [2.75, 3.05) is 13.2 Å². The number of carbonyl (C=O) groups is 1. The summed E-state index contributed by atoms with van der Waals surface area (Å²) < 4.78 is 17.7. The lowest BCUT2D eigenvalue weighted by molar-refractivity contribution is -0.162. The highest BCUT2D eigenvalue weighted by Gasteiger charge is 2.36. The summed E-state index contributed by atoms with van der Waals surface area (Å²) in [5.41, 5.74) is -0.394. The van der Waals surface area contributed by atoms with Gasteiger partial charge in [0.2, 0.25) is 0 Å². The molecule has 0 spiro atoms. The van der Waals surface area contributed by atoms with Gasteiger partial charge < -0.3 is 13.9 Å². The van der Waals surface area contributed by atoms with Gasteiger partial charge in [0, 0.05) is 13.2 Å². The molecule has 148 valence electrons. The second kappa shape index (κ2) is 9.00. The molecule has 5 heteroatoms. The van der Waals surface area contributed by atoms with Crippen molar-refractivity contribution in [2.24, 2.45) is 5.92 Å². The molecule has 0 aromatic carbocycles. The fraction of sp³-hybridized carbons (Fsp3) is 0.950. The van der Waals surface area contributed by atoms with E-state index < -0.39 is 13.9 Å². The van der Waals surface area contributed by atoms with E-state index in [4.69, 9.17) is 13.9 Å². The van der Waals surface area contributed by atoms with Gasteiger partial charge in [-0.15, -0.1) is 0 Å². The zero-order valence-corrected chi connectivity index (χ0v) is 18.7. The van der Waals surface area contributed by atoms with Crippen LogP contribution in [0.25, 0.3) is 0 Å². The number of esters is 1. The first-order valence-electron chi connectivity index (χ1n) is 9.80. The molecule has 0 saturated heterocycles. The lowest BCUT2D eigenvalue weighted by Crippen LogP contribution is -2.41. The minimum Gasteiger partial charge on any atom is -0.460 e. The minimum atomic E-state index is -1.64. The second-order valence-electron chi connectivity index (χ2n) is 9.84. The summed E-state index contributed by atoms with van der Waals surface area (Å²) in [6.45, 7) is 18.6. The summed E-state index contributed by atoms with van der Waals surface area (Å²) in [6.07, 6.45) is 4.88. The third kappa shape index (κ3) is 8.22. The molecule has 0 N–H and O–H groups in total. The molecule has 1 aliphatic carbocycles. The highest BCUT2D eigenvalue weighted by atomic mass is 28.4. The number of ether oxygens (including phenoxy) is 2. The Bertz CT molecular complexity index is 412. The maximum atomic E-state index is 12.1. The van der Waals surface area contributed by atoms with Gasteiger partial charge in [0.15, 0.2) is 8.32 Å². The Morgan fingerprint density at radius 3 is 2.00 bits per heavy atom. The first kappa shape index (κ1) is 22.6. The molecule has 0 radical (unpaired) electrons. The van der Waals surface area contributed by atoms with Crippen LogP contribution in [0.2, 0.25) is 18.1 Å². The largest absolute Gasteiger partial charge is 0.460 e. The Hall–Kier alpha value is -0.393. The van der Waals surface area contributed by atoms with Crippen molar-refractivity contribution >= 4 is 14.3 Å². The van der Waals surface area contributed by atoms with Gasteiger partial charge in [-0.05, 0) is 71.0 Å². The van der Waals surface area contributed by atoms with Crippen LogP contribution in [0, 0.1) is 5.92 Å². The van der Waals surface area contributed by atoms with Crippen LogP contribution in [0.3, 0.4) is 0 Å². The van der Waals surface area contributed by atoms with E-state index >= 15 is 0 Å². The first-order valence-corrected chi connectivity index (χ1v) is 12.7. The third-order valence-corrected chi connectivity index (χ3v) is 9.86. The molecule has 0 unspecified atom stereocenters. The van der Waals surface area contributed by atoms with Gasteiger partial charge >= 0.3 is 5.97 Å². The quantitative estimate of drug-likeness (QED) is 0.345. The van der Waals surface area contributed by atoms with Crippen molar-refractivity contribution in [1.82, 2.24) is 0 Å². The molecule has 4 nitrogen and oxygen atoms in total. The molecule has 0 amide bonds. The van der Waals surface area contributed by atoms with Crippen molar-refractivity contribution < 1.29 is 18.7 Å². The zero-order chi connectivity index (χ0) is 19.3. The van der Waals surface area contributed by atoms with Crippen molar-refractivity contribution in [3.63, 3.8) is 0 Å². The van der Waals surface area contributed by atoms with Gasteiger partial charge in [0.05, 0.1) is 12.0 Å². The maximum absolute atomic E-state index is 12.1. The van der Waals surface area contributed by atoms with E-state index in [1.807, 2.05) is 20.8 Å². The first-order chi connectivity index (χ1) is 11.3. The lowest BCUT2D eigenvalue weighted by Gasteiger charge is -2.36. The van der Waals surface area contributed by atoms with E-state index in [2.05, 4.69) is 33.9 Å². The molecule has 1 fully saturated rings. The van der Waals surface area contributed by atoms with Gasteiger partial charge in [0.1, 0.15) is 5.60 Å². The van der Waals surface area contributed by atoms with E-state index in [9.17, 15) is 4.79 Å². The molecule has 1 rings (SSSR count). The van der Waals surface area contributed by atoms with Crippen molar-refractivity contribution in [1.29, 1.82) is 0 Å². The number of rotatable bonds is 7. The average Bonchev–Trinajstić information content (AvgIpc) is 2.44. The van der Waals surface area contributed by atoms with Gasteiger partial charge in [-0.2, -0.15) is 0 Å². The molecule has 25 heavy (non-hydrogen) atoms. The van der Waals surface area contributed by atoms with E-state index in [1.165, 1.54) is 0 Å². The van der Waals surface area contributed by atoms with E-state index in [1.54, 1.807) is 0 Å². The van der Waals surface area contributed by atoms with Crippen LogP contribution in [-0.4, -0.2) is 39.2 Å². The molecular weight excluding hydrogens is 332 g/mol. The maximum Gasteiger partial charge on any atom is 0.309 e. The van der Waals surface area contributed by atoms with Crippen molar-refractivity contribution in [3.05, 3.63) is 0 Å². The monoisotopic (exact) mass is 372 g/mol. The fourth-order valence-electron chi connectivity index (χ4n) is 2.70. The Kier molecular flexibility index (Phi) is 8.16. The van der Waals surface area contributed by atoms with Crippen LogP contribution < -0.4 is 0 Å². The van der Waals surface area contributed by atoms with Crippen LogP contribution >= 0.6 is 0 Å². The highest BCUT2D eigenvalue weighted by molar-refractivity contribution is 6.74. The number of hydrogen-bond donors (Lipinski definition) is 0. The normalized spacial score (nSPS) is 22.7. The number of carbonyl (C=O) groups excluding carboxylic acids is 1. The molecule has 0 aliphatic heterocycles. The molecular formula is C20H40O4Si. The Labute approximate surface area is 156 Å². The van der Waals surface area contributed by atoms with Crippen LogP contribution in [0.4, 0.5) is 0 Å². The minimum absolute atomic E-state index is 0.0426. The van der Waals surface area contributed by atoms with Crippen LogP contribution in [-0.2, 0) is 18.7 Å². The smallest absolute Gasteiger partial charge is 0.309 e. The number of hydrogen-bond acceptors (Lipinski definition) is 4. The Morgan fingerprint density at radius 2 is 1.52 bits per heavy atom. The summed E-state index contributed by atoms with van der Waals surface area (Å²) >= 11 is 0. The third-order valence-electron chi connectivity index (χ3n) is 5.33. The average molecular weight is 373 g/mol. The summed E-state index contributed by atoms with van der Waals surface area (Å²) in [4.78, 5) is 12.1. The van der Waals surface area contributed by atoms with Crippen LogP contribution in [0.15, 0.2) is 0 Å². The van der Waals surface area contributed by atoms with E-state index in [0.717, 1.165) is 45.3 Å². The van der Waals surface area contributed by atoms with Gasteiger partial charge in [-0.3, -0.25) is 4.79 Å². The second-order valence-corrected chi connectivity index (χ2v) is 14.6. The molecule has 0 aromatic heterocycles. The Balaban J connectivity index is 2.18. The zero-order valence-electron chi connectivity index (χ0n) is 17.7. The summed E-state index contributed by atoms with van der Waals surface area (Å²) in [5.74, 6) is -0.00489. The molecule has 0 atom stereocenters. The van der Waals surface area contributed by atoms with Gasteiger partial charge in [0.25, 0.3) is 0 Å². The molecule has 0 aromatic rings. The summed E-state index contributed by atoms with van der Waals surface area (Å²) in [6, 6.07) is 0. The van der Waals surface area contributed by atoms with Crippen molar-refractivity contribution in [3.8, 4) is 0 Å². The topological polar surface area (TPSA) is 44.8 Å². The van der Waals surface area contributed by atoms with Crippen LogP contribution in [0.5, 0.6) is 0 Å². The van der Waals surface area contributed by atoms with Crippen LogP contribution in [0.1, 0.15) is 73.6 Å².